The fraction of sp³-hybridized carbons (Fsp3) is 0.538. The maximum absolute atomic E-state index is 12.5. The summed E-state index contributed by atoms with van der Waals surface area (Å²) in [5.74, 6) is -0.00140. The molecule has 0 aromatic heterocycles. The molecule has 96 valence electrons. The quantitative estimate of drug-likeness (QED) is 0.845. The number of benzene rings is 1. The highest BCUT2D eigenvalue weighted by Gasteiger charge is 2.31. The second kappa shape index (κ2) is 5.54. The van der Waals surface area contributed by atoms with Crippen molar-refractivity contribution in [3.63, 3.8) is 0 Å². The molecule has 1 unspecified atom stereocenters. The Balaban J connectivity index is 2.99. The molecule has 0 radical (unpaired) electrons. The zero-order valence-corrected chi connectivity index (χ0v) is 9.96. The summed E-state index contributed by atoms with van der Waals surface area (Å²) in [6.45, 7) is 3.84. The van der Waals surface area contributed by atoms with Crippen molar-refractivity contribution in [1.29, 1.82) is 0 Å². The first-order chi connectivity index (χ1) is 7.90. The summed E-state index contributed by atoms with van der Waals surface area (Å²) in [6.07, 6.45) is -3.70. The lowest BCUT2D eigenvalue weighted by atomic mass is 9.90. The van der Waals surface area contributed by atoms with Gasteiger partial charge in [0.2, 0.25) is 0 Å². The number of rotatable bonds is 4. The van der Waals surface area contributed by atoms with Crippen molar-refractivity contribution in [2.45, 2.75) is 39.0 Å². The Morgan fingerprint density at radius 3 is 2.24 bits per heavy atom. The molecule has 1 rings (SSSR count). The second-order valence-corrected chi connectivity index (χ2v) is 4.14. The summed E-state index contributed by atoms with van der Waals surface area (Å²) in [6, 6.07) is 4.92. The van der Waals surface area contributed by atoms with Crippen molar-refractivity contribution in [2.75, 3.05) is 0 Å². The first kappa shape index (κ1) is 14.0. The van der Waals surface area contributed by atoms with Crippen LogP contribution in [0.2, 0.25) is 0 Å². The van der Waals surface area contributed by atoms with Crippen LogP contribution < -0.4 is 0 Å². The fourth-order valence-electron chi connectivity index (χ4n) is 1.91. The third-order valence-electron chi connectivity index (χ3n) is 3.05. The average Bonchev–Trinajstić information content (AvgIpc) is 2.29. The van der Waals surface area contributed by atoms with E-state index in [1.807, 2.05) is 13.8 Å². The minimum atomic E-state index is -4.36. The SMILES string of the molecule is CCC(CC)C(O)c1cccc(C(F)(F)F)c1. The molecule has 1 atom stereocenters. The number of hydrogen-bond donors (Lipinski definition) is 1. The van der Waals surface area contributed by atoms with E-state index < -0.39 is 17.8 Å². The molecule has 1 aromatic carbocycles. The number of aliphatic hydroxyl groups excluding tert-OH is 1. The van der Waals surface area contributed by atoms with Crippen molar-refractivity contribution < 1.29 is 18.3 Å². The van der Waals surface area contributed by atoms with Gasteiger partial charge in [-0.05, 0) is 23.6 Å². The van der Waals surface area contributed by atoms with Crippen molar-refractivity contribution in [2.24, 2.45) is 5.92 Å². The second-order valence-electron chi connectivity index (χ2n) is 4.14. The van der Waals surface area contributed by atoms with Crippen LogP contribution in [0.4, 0.5) is 13.2 Å². The van der Waals surface area contributed by atoms with Gasteiger partial charge >= 0.3 is 6.18 Å². The first-order valence-corrected chi connectivity index (χ1v) is 5.75. The number of aliphatic hydroxyl groups is 1. The van der Waals surface area contributed by atoms with Gasteiger partial charge in [-0.3, -0.25) is 0 Å². The summed E-state index contributed by atoms with van der Waals surface area (Å²) < 4.78 is 37.5. The van der Waals surface area contributed by atoms with Gasteiger partial charge in [-0.2, -0.15) is 13.2 Å². The van der Waals surface area contributed by atoms with E-state index in [1.54, 1.807) is 0 Å². The number of hydrogen-bond acceptors (Lipinski definition) is 1. The van der Waals surface area contributed by atoms with Crippen LogP contribution in [0, 0.1) is 5.92 Å². The van der Waals surface area contributed by atoms with Gasteiger partial charge in [-0.25, -0.2) is 0 Å². The van der Waals surface area contributed by atoms with Gasteiger partial charge in [0.05, 0.1) is 11.7 Å². The van der Waals surface area contributed by atoms with E-state index in [0.29, 0.717) is 5.56 Å². The highest BCUT2D eigenvalue weighted by molar-refractivity contribution is 5.27. The van der Waals surface area contributed by atoms with Gasteiger partial charge in [0.15, 0.2) is 0 Å². The van der Waals surface area contributed by atoms with Crippen LogP contribution in [-0.2, 0) is 6.18 Å². The minimum absolute atomic E-state index is 0.00140. The molecule has 0 aliphatic heterocycles. The summed E-state index contributed by atoms with van der Waals surface area (Å²) in [5.41, 5.74) is -0.367. The van der Waals surface area contributed by atoms with Crippen LogP contribution in [0.1, 0.15) is 43.9 Å². The zero-order chi connectivity index (χ0) is 13.1. The molecular weight excluding hydrogens is 229 g/mol. The molecule has 4 heteroatoms. The Kier molecular flexibility index (Phi) is 4.57. The molecule has 0 aliphatic rings. The summed E-state index contributed by atoms with van der Waals surface area (Å²) in [4.78, 5) is 0. The van der Waals surface area contributed by atoms with E-state index in [4.69, 9.17) is 0 Å². The molecule has 0 saturated carbocycles. The van der Waals surface area contributed by atoms with E-state index in [2.05, 4.69) is 0 Å². The molecule has 0 heterocycles. The topological polar surface area (TPSA) is 20.2 Å². The largest absolute Gasteiger partial charge is 0.416 e. The Morgan fingerprint density at radius 2 is 1.76 bits per heavy atom. The molecule has 0 spiro atoms. The first-order valence-electron chi connectivity index (χ1n) is 5.75. The lowest BCUT2D eigenvalue weighted by molar-refractivity contribution is -0.137. The minimum Gasteiger partial charge on any atom is -0.388 e. The highest BCUT2D eigenvalue weighted by Crippen LogP contribution is 2.33. The van der Waals surface area contributed by atoms with Gasteiger partial charge in [0.25, 0.3) is 0 Å². The molecule has 0 fully saturated rings. The van der Waals surface area contributed by atoms with Gasteiger partial charge in [-0.1, -0.05) is 38.8 Å². The van der Waals surface area contributed by atoms with E-state index in [9.17, 15) is 18.3 Å². The standard InChI is InChI=1S/C13H17F3O/c1-3-9(4-2)12(17)10-6-5-7-11(8-10)13(14,15)16/h5-9,12,17H,3-4H2,1-2H3. The van der Waals surface area contributed by atoms with E-state index in [0.717, 1.165) is 25.0 Å². The maximum Gasteiger partial charge on any atom is 0.416 e. The lowest BCUT2D eigenvalue weighted by Gasteiger charge is -2.21. The van der Waals surface area contributed by atoms with E-state index in [1.165, 1.54) is 12.1 Å². The highest BCUT2D eigenvalue weighted by atomic mass is 19.4. The van der Waals surface area contributed by atoms with Crippen molar-refractivity contribution >= 4 is 0 Å². The molecule has 0 saturated heterocycles. The predicted octanol–water partition coefficient (Wildman–Crippen LogP) is 4.18. The molecule has 0 amide bonds. The van der Waals surface area contributed by atoms with E-state index >= 15 is 0 Å². The van der Waals surface area contributed by atoms with Crippen LogP contribution in [-0.4, -0.2) is 5.11 Å². The van der Waals surface area contributed by atoms with Gasteiger partial charge in [0, 0.05) is 0 Å². The van der Waals surface area contributed by atoms with Crippen LogP contribution >= 0.6 is 0 Å². The molecular formula is C13H17F3O. The van der Waals surface area contributed by atoms with Crippen molar-refractivity contribution in [3.8, 4) is 0 Å². The molecule has 0 aliphatic carbocycles. The van der Waals surface area contributed by atoms with Crippen molar-refractivity contribution in [3.05, 3.63) is 35.4 Å². The smallest absolute Gasteiger partial charge is 0.388 e. The summed E-state index contributed by atoms with van der Waals surface area (Å²) >= 11 is 0. The Morgan fingerprint density at radius 1 is 1.18 bits per heavy atom. The van der Waals surface area contributed by atoms with Crippen LogP contribution in [0.15, 0.2) is 24.3 Å². The van der Waals surface area contributed by atoms with Gasteiger partial charge in [-0.15, -0.1) is 0 Å². The Bertz CT molecular complexity index is 356. The van der Waals surface area contributed by atoms with Crippen LogP contribution in [0.3, 0.4) is 0 Å². The molecule has 0 bridgehead atoms. The average molecular weight is 246 g/mol. The van der Waals surface area contributed by atoms with E-state index in [-0.39, 0.29) is 5.92 Å². The predicted molar refractivity (Wildman–Crippen MR) is 60.5 cm³/mol. The van der Waals surface area contributed by atoms with Gasteiger partial charge in [0.1, 0.15) is 0 Å². The normalized spacial score (nSPS) is 14.1. The maximum atomic E-state index is 12.5. The number of alkyl halides is 3. The molecule has 17 heavy (non-hydrogen) atoms. The summed E-state index contributed by atoms with van der Waals surface area (Å²) in [7, 11) is 0. The summed E-state index contributed by atoms with van der Waals surface area (Å²) in [5, 5.41) is 10.0. The number of halogens is 3. The zero-order valence-electron chi connectivity index (χ0n) is 9.96. The monoisotopic (exact) mass is 246 g/mol. The fourth-order valence-corrected chi connectivity index (χ4v) is 1.91. The van der Waals surface area contributed by atoms with Crippen LogP contribution in [0.5, 0.6) is 0 Å². The Labute approximate surface area is 99.3 Å². The molecule has 1 nitrogen and oxygen atoms in total. The molecule has 1 aromatic rings. The van der Waals surface area contributed by atoms with Crippen molar-refractivity contribution in [1.82, 2.24) is 0 Å². The van der Waals surface area contributed by atoms with Crippen LogP contribution in [0.25, 0.3) is 0 Å². The molecule has 1 N–H and O–H groups in total. The third-order valence-corrected chi connectivity index (χ3v) is 3.05. The van der Waals surface area contributed by atoms with Gasteiger partial charge < -0.3 is 5.11 Å². The lowest BCUT2D eigenvalue weighted by Crippen LogP contribution is -2.12. The third kappa shape index (κ3) is 3.46. The Hall–Kier alpha value is -1.03.